The van der Waals surface area contributed by atoms with Gasteiger partial charge in [-0.25, -0.2) is 0 Å². The lowest BCUT2D eigenvalue weighted by Gasteiger charge is -2.32. The van der Waals surface area contributed by atoms with E-state index in [4.69, 9.17) is 9.47 Å². The van der Waals surface area contributed by atoms with Crippen LogP contribution in [0, 0.1) is 47.3 Å². The van der Waals surface area contributed by atoms with E-state index in [0.717, 1.165) is 140 Å². The van der Waals surface area contributed by atoms with Gasteiger partial charge in [0, 0.05) is 83.7 Å². The Morgan fingerprint density at radius 2 is 0.734 bits per heavy atom. The molecule has 0 radical (unpaired) electrons. The van der Waals surface area contributed by atoms with Crippen LogP contribution in [0.15, 0.2) is 182 Å². The monoisotopic (exact) mass is 1690 g/mol. The molecule has 4 amide bonds. The zero-order valence-electron chi connectivity index (χ0n) is 79.9. The molecular weight excluding hydrogens is 1530 g/mol. The summed E-state index contributed by atoms with van der Waals surface area (Å²) in [6.07, 6.45) is 24.3. The third-order valence-corrected chi connectivity index (χ3v) is 24.1. The number of benzene rings is 8. The van der Waals surface area contributed by atoms with Gasteiger partial charge in [0.05, 0.1) is 14.2 Å². The molecule has 8 aromatic rings. The van der Waals surface area contributed by atoms with Crippen LogP contribution in [-0.2, 0) is 25.7 Å². The molecule has 14 heteroatoms. The molecule has 1 heterocycles. The van der Waals surface area contributed by atoms with Gasteiger partial charge in [-0.2, -0.15) is 0 Å². The van der Waals surface area contributed by atoms with E-state index in [0.29, 0.717) is 52.6 Å². The first kappa shape index (κ1) is 100. The molecule has 0 unspecified atom stereocenters. The van der Waals surface area contributed by atoms with Gasteiger partial charge in [-0.05, 0) is 271 Å². The van der Waals surface area contributed by atoms with Crippen molar-refractivity contribution in [3.8, 4) is 56.0 Å². The average molecular weight is 1690 g/mol. The van der Waals surface area contributed by atoms with E-state index in [-0.39, 0.29) is 47.8 Å². The lowest BCUT2D eigenvalue weighted by atomic mass is 9.83. The number of likely N-dealkylation sites (tertiary alicyclic amines) is 1. The van der Waals surface area contributed by atoms with Crippen LogP contribution in [0.3, 0.4) is 0 Å². The Morgan fingerprint density at radius 1 is 0.371 bits per heavy atom. The van der Waals surface area contributed by atoms with Crippen molar-refractivity contribution >= 4 is 23.6 Å². The fraction of sp³-hybridized carbons (Fsp3) is 0.527. The van der Waals surface area contributed by atoms with Gasteiger partial charge in [0.1, 0.15) is 11.5 Å². The summed E-state index contributed by atoms with van der Waals surface area (Å²) in [4.78, 5) is 61.6. The standard InChI is InChI=1S/C29H42N2O2.C29H42N2O.C27H38N2O.C25H36N2O2/c1-21(2)17-24-14-10-16-27(28(24)33-5)23-13-9-15-25(19-23)29(32)30-26(20-31(3)4)18-22-11-7-6-8-12-22;1-22(2)17-24-11-9-12-25(19-24)26-13-10-14-27(20-26)29(32)30-28(18-23(3)4)21-31-15-7-5-6-8-16-31;1-20(2)16-21-10-8-13-23(17-21)24-14-9-15-25(18-24)27(30)28-26(19-29(3)4)22-11-6-5-7-12-22;1-17(2)14-20-11-9-13-22(24(20)29-7)19-10-8-12-21(15-19)25(28)26-23(18(3)4)16-27(5)6/h9-10,13-16,19,21-22,26H,6-8,11-12,17-18,20H2,1-5H3,(H,30,32);9-14,19-20,22-23,28H,5-8,15-18,21H2,1-4H3,(H,30,32);8-10,13-15,17-18,20,22,26H,5-7,11-12,16,19H2,1-4H3,(H,28,30);8-13,15,17-18,23H,14,16H2,1-7H3,(H,26,28)/t26-;28-;26-;23-/m1110/s1. The number of ether oxygens (including phenoxy) is 2. The molecule has 0 aromatic heterocycles. The van der Waals surface area contributed by atoms with E-state index in [9.17, 15) is 19.2 Å². The number of para-hydroxylation sites is 2. The summed E-state index contributed by atoms with van der Waals surface area (Å²) in [6, 6.07) is 62.6. The number of carbonyl (C=O) groups excluding carboxylic acids is 4. The number of amides is 4. The van der Waals surface area contributed by atoms with E-state index in [1.54, 1.807) is 14.2 Å². The number of nitrogens with zero attached hydrogens (tertiary/aromatic N) is 4. The summed E-state index contributed by atoms with van der Waals surface area (Å²) in [5.41, 5.74) is 16.6. The number of hydrogen-bond donors (Lipinski definition) is 4. The fourth-order valence-electron chi connectivity index (χ4n) is 18.3. The maximum absolute atomic E-state index is 13.3. The largest absolute Gasteiger partial charge is 0.496 e. The van der Waals surface area contributed by atoms with Gasteiger partial charge in [-0.15, -0.1) is 0 Å². The van der Waals surface area contributed by atoms with E-state index < -0.39 is 0 Å². The quantitative estimate of drug-likeness (QED) is 0.0299. The number of rotatable bonds is 36. The number of nitrogens with one attached hydrogen (secondary N) is 4. The minimum absolute atomic E-state index is 0.0109. The van der Waals surface area contributed by atoms with Crippen LogP contribution < -0.4 is 30.7 Å². The lowest BCUT2D eigenvalue weighted by Crippen LogP contribution is -2.47. The Bertz CT molecular complexity index is 4520. The molecule has 11 rings (SSSR count). The highest BCUT2D eigenvalue weighted by atomic mass is 16.5. The first-order chi connectivity index (χ1) is 59.4. The Kier molecular flexibility index (Phi) is 42.3. The highest BCUT2D eigenvalue weighted by molar-refractivity contribution is 5.98. The summed E-state index contributed by atoms with van der Waals surface area (Å²) in [5, 5.41) is 13.3. The van der Waals surface area contributed by atoms with Crippen LogP contribution in [0.2, 0.25) is 0 Å². The molecule has 1 saturated heterocycles. The third kappa shape index (κ3) is 34.1. The molecule has 4 atom stereocenters. The second kappa shape index (κ2) is 52.3. The molecule has 124 heavy (non-hydrogen) atoms. The molecule has 674 valence electrons. The molecule has 3 aliphatic rings. The minimum Gasteiger partial charge on any atom is -0.496 e. The first-order valence-electron chi connectivity index (χ1n) is 47.2. The predicted molar refractivity (Wildman–Crippen MR) is 522 cm³/mol. The van der Waals surface area contributed by atoms with Gasteiger partial charge >= 0.3 is 0 Å². The predicted octanol–water partition coefficient (Wildman–Crippen LogP) is 23.4. The summed E-state index contributed by atoms with van der Waals surface area (Å²) >= 11 is 0. The van der Waals surface area contributed by atoms with E-state index in [1.165, 1.54) is 123 Å². The van der Waals surface area contributed by atoms with E-state index >= 15 is 0 Å². The van der Waals surface area contributed by atoms with Crippen molar-refractivity contribution in [2.45, 2.75) is 236 Å². The van der Waals surface area contributed by atoms with Crippen LogP contribution >= 0.6 is 0 Å². The minimum atomic E-state index is -0.0373. The number of likely N-dealkylation sites (N-methyl/N-ethyl adjacent to an activating group) is 3. The molecule has 2 aliphatic carbocycles. The van der Waals surface area contributed by atoms with Crippen molar-refractivity contribution in [3.05, 3.63) is 226 Å². The summed E-state index contributed by atoms with van der Waals surface area (Å²) in [7, 11) is 15.8. The van der Waals surface area contributed by atoms with Crippen molar-refractivity contribution in [2.24, 2.45) is 47.3 Å². The normalized spacial score (nSPS) is 15.1. The van der Waals surface area contributed by atoms with Crippen LogP contribution in [0.4, 0.5) is 0 Å². The Morgan fingerprint density at radius 3 is 1.14 bits per heavy atom. The number of carbonyl (C=O) groups is 4. The molecule has 4 N–H and O–H groups in total. The molecule has 3 fully saturated rings. The van der Waals surface area contributed by atoms with Gasteiger partial charge in [0.15, 0.2) is 0 Å². The smallest absolute Gasteiger partial charge is 0.251 e. The maximum Gasteiger partial charge on any atom is 0.251 e. The Balaban J connectivity index is 0.000000205. The van der Waals surface area contributed by atoms with Crippen LogP contribution in [0.5, 0.6) is 11.5 Å². The zero-order valence-corrected chi connectivity index (χ0v) is 79.9. The number of hydrogen-bond acceptors (Lipinski definition) is 10. The highest BCUT2D eigenvalue weighted by Crippen LogP contribution is 2.38. The van der Waals surface area contributed by atoms with Gasteiger partial charge in [0.2, 0.25) is 0 Å². The van der Waals surface area contributed by atoms with Crippen molar-refractivity contribution in [3.63, 3.8) is 0 Å². The molecule has 0 spiro atoms. The van der Waals surface area contributed by atoms with Crippen molar-refractivity contribution < 1.29 is 28.7 Å². The molecule has 8 aromatic carbocycles. The third-order valence-electron chi connectivity index (χ3n) is 24.1. The zero-order chi connectivity index (χ0) is 89.8. The molecule has 1 aliphatic heterocycles. The topological polar surface area (TPSA) is 148 Å². The maximum atomic E-state index is 13.3. The lowest BCUT2D eigenvalue weighted by molar-refractivity contribution is 0.0894. The van der Waals surface area contributed by atoms with Gasteiger partial charge in [-0.1, -0.05) is 281 Å². The van der Waals surface area contributed by atoms with Gasteiger partial charge in [-0.3, -0.25) is 19.2 Å². The Hall–Kier alpha value is -8.92. The van der Waals surface area contributed by atoms with Crippen LogP contribution in [0.1, 0.15) is 250 Å². The van der Waals surface area contributed by atoms with E-state index in [1.807, 2.05) is 93.0 Å². The molecular formula is C110H158N8O6. The molecule has 0 bridgehead atoms. The number of methoxy groups -OCH3 is 2. The Labute approximate surface area is 750 Å². The second-order valence-corrected chi connectivity index (χ2v) is 39.1. The highest BCUT2D eigenvalue weighted by Gasteiger charge is 2.29. The summed E-state index contributed by atoms with van der Waals surface area (Å²) in [5.74, 6) is 6.45. The van der Waals surface area contributed by atoms with E-state index in [2.05, 4.69) is 255 Å². The van der Waals surface area contributed by atoms with Crippen LogP contribution in [0.25, 0.3) is 44.5 Å². The van der Waals surface area contributed by atoms with Crippen molar-refractivity contribution in [1.82, 2.24) is 40.9 Å². The average Bonchev–Trinajstić information content (AvgIpc) is 0.923. The SMILES string of the molecule is CC(C)Cc1cccc(-c2cccc(C(=O)N[C@H](CC(C)C)CN3CCCCCC3)c2)c1.CC(C)Cc1cccc(-c2cccc(C(=O)N[C@H](CN(C)C)C3CCCCC3)c2)c1.COc1c(CC(C)C)cccc1-c1cccc(C(=O)N[C@@H](CN(C)C)C(C)C)c1.COc1c(CC(C)C)cccc1-c1cccc(C(=O)N[C@H](CC2CCCCC2)CN(C)C)c1. The first-order valence-corrected chi connectivity index (χ1v) is 47.2. The van der Waals surface area contributed by atoms with Gasteiger partial charge in [0.25, 0.3) is 23.6 Å². The summed E-state index contributed by atoms with van der Waals surface area (Å²) < 4.78 is 11.6. The summed E-state index contributed by atoms with van der Waals surface area (Å²) in [6.45, 7) is 32.4. The molecule has 2 saturated carbocycles. The second-order valence-electron chi connectivity index (χ2n) is 39.1. The van der Waals surface area contributed by atoms with Crippen LogP contribution in [-0.4, -0.2) is 163 Å². The van der Waals surface area contributed by atoms with Gasteiger partial charge < -0.3 is 50.3 Å². The van der Waals surface area contributed by atoms with Crippen molar-refractivity contribution in [2.75, 3.05) is 95.8 Å². The molecule has 14 nitrogen and oxygen atoms in total. The van der Waals surface area contributed by atoms with Crippen molar-refractivity contribution in [1.29, 1.82) is 0 Å². The fourth-order valence-corrected chi connectivity index (χ4v) is 18.3.